The fraction of sp³-hybridized carbons (Fsp3) is 0.444. The molecule has 2 N–H and O–H groups in total. The lowest BCUT2D eigenvalue weighted by Crippen LogP contribution is -2.06. The van der Waals surface area contributed by atoms with Crippen molar-refractivity contribution in [2.24, 2.45) is 5.73 Å². The Morgan fingerprint density at radius 2 is 2.42 bits per heavy atom. The van der Waals surface area contributed by atoms with Gasteiger partial charge < -0.3 is 10.5 Å². The van der Waals surface area contributed by atoms with E-state index >= 15 is 0 Å². The number of aromatic nitrogens is 1. The Labute approximate surface area is 72.6 Å². The summed E-state index contributed by atoms with van der Waals surface area (Å²) in [6.45, 7) is 3.33. The van der Waals surface area contributed by atoms with Crippen LogP contribution in [0.1, 0.15) is 12.0 Å². The fourth-order valence-corrected chi connectivity index (χ4v) is 0.888. The van der Waals surface area contributed by atoms with Gasteiger partial charge in [-0.15, -0.1) is 0 Å². The first kappa shape index (κ1) is 9.00. The van der Waals surface area contributed by atoms with Crippen LogP contribution in [0.5, 0.6) is 5.75 Å². The molecular formula is C9H14N2O. The quantitative estimate of drug-likeness (QED) is 0.682. The lowest BCUT2D eigenvalue weighted by molar-refractivity contribution is 0.311. The Hall–Kier alpha value is -1.09. The van der Waals surface area contributed by atoms with E-state index in [0.717, 1.165) is 17.7 Å². The van der Waals surface area contributed by atoms with Crippen LogP contribution in [0.2, 0.25) is 0 Å². The molecule has 0 aliphatic heterocycles. The van der Waals surface area contributed by atoms with E-state index in [-0.39, 0.29) is 0 Å². The first-order chi connectivity index (χ1) is 5.84. The molecule has 1 heterocycles. The van der Waals surface area contributed by atoms with Crippen LogP contribution >= 0.6 is 0 Å². The van der Waals surface area contributed by atoms with Gasteiger partial charge in [0.1, 0.15) is 5.75 Å². The third kappa shape index (κ3) is 2.51. The molecule has 1 aromatic heterocycles. The van der Waals surface area contributed by atoms with Crippen molar-refractivity contribution in [2.75, 3.05) is 13.2 Å². The second kappa shape index (κ2) is 4.72. The zero-order valence-electron chi connectivity index (χ0n) is 7.29. The lowest BCUT2D eigenvalue weighted by atomic mass is 10.3. The van der Waals surface area contributed by atoms with Gasteiger partial charge in [0.2, 0.25) is 0 Å². The SMILES string of the molecule is Cc1cnccc1OCCCN. The normalized spacial score (nSPS) is 9.83. The van der Waals surface area contributed by atoms with Crippen LogP contribution < -0.4 is 10.5 Å². The molecule has 1 rings (SSSR count). The number of hydrogen-bond acceptors (Lipinski definition) is 3. The molecule has 3 heteroatoms. The summed E-state index contributed by atoms with van der Waals surface area (Å²) in [4.78, 5) is 3.97. The van der Waals surface area contributed by atoms with Crippen LogP contribution in [0.25, 0.3) is 0 Å². The van der Waals surface area contributed by atoms with Crippen LogP contribution in [0.4, 0.5) is 0 Å². The molecule has 0 radical (unpaired) electrons. The van der Waals surface area contributed by atoms with Gasteiger partial charge in [0.15, 0.2) is 0 Å². The van der Waals surface area contributed by atoms with E-state index in [0.29, 0.717) is 13.2 Å². The average molecular weight is 166 g/mol. The van der Waals surface area contributed by atoms with Gasteiger partial charge in [-0.2, -0.15) is 0 Å². The number of ether oxygens (including phenoxy) is 1. The third-order valence-corrected chi connectivity index (χ3v) is 1.57. The number of rotatable bonds is 4. The smallest absolute Gasteiger partial charge is 0.125 e. The third-order valence-electron chi connectivity index (χ3n) is 1.57. The minimum Gasteiger partial charge on any atom is -0.493 e. The number of aryl methyl sites for hydroxylation is 1. The Morgan fingerprint density at radius 3 is 3.08 bits per heavy atom. The highest BCUT2D eigenvalue weighted by atomic mass is 16.5. The summed E-state index contributed by atoms with van der Waals surface area (Å²) in [7, 11) is 0. The highest BCUT2D eigenvalue weighted by Gasteiger charge is 1.96. The Balaban J connectivity index is 2.46. The summed E-state index contributed by atoms with van der Waals surface area (Å²) < 4.78 is 5.46. The van der Waals surface area contributed by atoms with Crippen molar-refractivity contribution in [3.05, 3.63) is 24.0 Å². The van der Waals surface area contributed by atoms with Crippen LogP contribution in [0, 0.1) is 6.92 Å². The van der Waals surface area contributed by atoms with Gasteiger partial charge in [-0.25, -0.2) is 0 Å². The monoisotopic (exact) mass is 166 g/mol. The van der Waals surface area contributed by atoms with Crippen LogP contribution in [-0.2, 0) is 0 Å². The number of nitrogens with two attached hydrogens (primary N) is 1. The number of pyridine rings is 1. The molecule has 3 nitrogen and oxygen atoms in total. The maximum absolute atomic E-state index is 5.46. The van der Waals surface area contributed by atoms with Crippen molar-refractivity contribution >= 4 is 0 Å². The van der Waals surface area contributed by atoms with E-state index in [2.05, 4.69) is 4.98 Å². The van der Waals surface area contributed by atoms with Gasteiger partial charge in [-0.05, 0) is 26.0 Å². The summed E-state index contributed by atoms with van der Waals surface area (Å²) >= 11 is 0. The van der Waals surface area contributed by atoms with E-state index in [9.17, 15) is 0 Å². The van der Waals surface area contributed by atoms with Gasteiger partial charge >= 0.3 is 0 Å². The molecule has 0 unspecified atom stereocenters. The van der Waals surface area contributed by atoms with Crippen LogP contribution in [0.15, 0.2) is 18.5 Å². The molecule has 0 saturated carbocycles. The van der Waals surface area contributed by atoms with Crippen molar-refractivity contribution in [2.45, 2.75) is 13.3 Å². The van der Waals surface area contributed by atoms with Crippen LogP contribution in [-0.4, -0.2) is 18.1 Å². The topological polar surface area (TPSA) is 48.1 Å². The molecule has 0 atom stereocenters. The van der Waals surface area contributed by atoms with Gasteiger partial charge in [0, 0.05) is 18.0 Å². The highest BCUT2D eigenvalue weighted by Crippen LogP contribution is 2.14. The first-order valence-electron chi connectivity index (χ1n) is 4.08. The summed E-state index contributed by atoms with van der Waals surface area (Å²) in [5.74, 6) is 0.901. The summed E-state index contributed by atoms with van der Waals surface area (Å²) in [6, 6.07) is 1.87. The van der Waals surface area contributed by atoms with E-state index in [1.165, 1.54) is 0 Å². The zero-order valence-corrected chi connectivity index (χ0v) is 7.29. The minimum atomic E-state index is 0.671. The van der Waals surface area contributed by atoms with Gasteiger partial charge in [0.05, 0.1) is 6.61 Å². The second-order valence-electron chi connectivity index (χ2n) is 2.63. The second-order valence-corrected chi connectivity index (χ2v) is 2.63. The highest BCUT2D eigenvalue weighted by molar-refractivity contribution is 5.28. The molecule has 0 aliphatic carbocycles. The molecule has 0 spiro atoms. The van der Waals surface area contributed by atoms with Crippen molar-refractivity contribution in [3.63, 3.8) is 0 Å². The fourth-order valence-electron chi connectivity index (χ4n) is 0.888. The van der Waals surface area contributed by atoms with Crippen molar-refractivity contribution < 1.29 is 4.74 Å². The molecule has 1 aromatic rings. The van der Waals surface area contributed by atoms with Crippen molar-refractivity contribution in [1.29, 1.82) is 0 Å². The van der Waals surface area contributed by atoms with Gasteiger partial charge in [-0.3, -0.25) is 4.98 Å². The predicted molar refractivity (Wildman–Crippen MR) is 48.1 cm³/mol. The zero-order chi connectivity index (χ0) is 8.81. The maximum atomic E-state index is 5.46. The summed E-state index contributed by atoms with van der Waals surface area (Å²) in [6.07, 6.45) is 4.41. The Morgan fingerprint density at radius 1 is 1.58 bits per heavy atom. The Kier molecular flexibility index (Phi) is 3.54. The maximum Gasteiger partial charge on any atom is 0.125 e. The first-order valence-corrected chi connectivity index (χ1v) is 4.08. The molecule has 0 fully saturated rings. The lowest BCUT2D eigenvalue weighted by Gasteiger charge is -2.06. The van der Waals surface area contributed by atoms with Gasteiger partial charge in [-0.1, -0.05) is 0 Å². The molecule has 0 bridgehead atoms. The number of hydrogen-bond donors (Lipinski definition) is 1. The van der Waals surface area contributed by atoms with E-state index < -0.39 is 0 Å². The largest absolute Gasteiger partial charge is 0.493 e. The van der Waals surface area contributed by atoms with Crippen molar-refractivity contribution in [3.8, 4) is 5.75 Å². The molecule has 0 aromatic carbocycles. The van der Waals surface area contributed by atoms with E-state index in [1.54, 1.807) is 12.4 Å². The van der Waals surface area contributed by atoms with Gasteiger partial charge in [0.25, 0.3) is 0 Å². The summed E-state index contributed by atoms with van der Waals surface area (Å²) in [5.41, 5.74) is 6.40. The summed E-state index contributed by atoms with van der Waals surface area (Å²) in [5, 5.41) is 0. The molecule has 0 aliphatic rings. The van der Waals surface area contributed by atoms with Crippen LogP contribution in [0.3, 0.4) is 0 Å². The van der Waals surface area contributed by atoms with E-state index in [4.69, 9.17) is 10.5 Å². The number of nitrogens with zero attached hydrogens (tertiary/aromatic N) is 1. The molecular weight excluding hydrogens is 152 g/mol. The molecule has 66 valence electrons. The van der Waals surface area contributed by atoms with Crippen molar-refractivity contribution in [1.82, 2.24) is 4.98 Å². The molecule has 0 saturated heterocycles. The predicted octanol–water partition coefficient (Wildman–Crippen LogP) is 1.12. The minimum absolute atomic E-state index is 0.671. The Bertz CT molecular complexity index is 238. The molecule has 12 heavy (non-hydrogen) atoms. The molecule has 0 amide bonds. The standard InChI is InChI=1S/C9H14N2O/c1-8-7-11-5-3-9(8)12-6-2-4-10/h3,5,7H,2,4,6,10H2,1H3. The average Bonchev–Trinajstić information content (AvgIpc) is 2.09. The van der Waals surface area contributed by atoms with E-state index in [1.807, 2.05) is 13.0 Å².